The van der Waals surface area contributed by atoms with Gasteiger partial charge < -0.3 is 9.47 Å². The van der Waals surface area contributed by atoms with Crippen molar-refractivity contribution < 1.29 is 9.59 Å². The van der Waals surface area contributed by atoms with Crippen LogP contribution < -0.4 is 0 Å². The van der Waals surface area contributed by atoms with Crippen LogP contribution in [0.1, 0.15) is 30.1 Å². The number of para-hydroxylation sites is 2. The smallest absolute Gasteiger partial charge is 0.242 e. The molecule has 5 nitrogen and oxygen atoms in total. The molecule has 6 heteroatoms. The molecular formula is C23H25N3O2S. The van der Waals surface area contributed by atoms with E-state index in [0.717, 1.165) is 37.0 Å². The summed E-state index contributed by atoms with van der Waals surface area (Å²) in [5.74, 6) is 1.16. The molecule has 3 aromatic rings. The number of aromatic nitrogens is 2. The van der Waals surface area contributed by atoms with E-state index in [9.17, 15) is 9.59 Å². The molecule has 29 heavy (non-hydrogen) atoms. The number of rotatable bonds is 6. The summed E-state index contributed by atoms with van der Waals surface area (Å²) in [5, 5.41) is 0.717. The molecule has 4 rings (SSSR count). The standard InChI is InChI=1S/C23H25N3O2S/c1-17-11-13-25(14-12-17)22(28)15-26-20-10-6-5-9-19(20)24-23(26)29-16-21(27)18-7-3-2-4-8-18/h2-10,17H,11-16H2,1H3. The Kier molecular flexibility index (Phi) is 6.00. The van der Waals surface area contributed by atoms with Gasteiger partial charge >= 0.3 is 0 Å². The number of thioether (sulfide) groups is 1. The van der Waals surface area contributed by atoms with Gasteiger partial charge in [-0.2, -0.15) is 0 Å². The Bertz CT molecular complexity index is 1010. The number of carbonyl (C=O) groups is 2. The second-order valence-corrected chi connectivity index (χ2v) is 8.55. The van der Waals surface area contributed by atoms with Crippen molar-refractivity contribution in [3.63, 3.8) is 0 Å². The number of piperidine rings is 1. The number of amides is 1. The number of benzene rings is 2. The molecule has 0 N–H and O–H groups in total. The minimum absolute atomic E-state index is 0.0607. The van der Waals surface area contributed by atoms with Crippen molar-refractivity contribution in [2.45, 2.75) is 31.5 Å². The molecule has 1 aliphatic rings. The zero-order chi connectivity index (χ0) is 20.2. The van der Waals surface area contributed by atoms with Gasteiger partial charge in [-0.3, -0.25) is 9.59 Å². The minimum atomic E-state index is 0.0607. The highest BCUT2D eigenvalue weighted by Crippen LogP contribution is 2.25. The second-order valence-electron chi connectivity index (χ2n) is 7.61. The van der Waals surface area contributed by atoms with Gasteiger partial charge in [0.1, 0.15) is 6.54 Å². The van der Waals surface area contributed by atoms with E-state index in [4.69, 9.17) is 4.98 Å². The lowest BCUT2D eigenvalue weighted by molar-refractivity contribution is -0.133. The number of nitrogens with zero attached hydrogens (tertiary/aromatic N) is 3. The van der Waals surface area contributed by atoms with Gasteiger partial charge in [-0.1, -0.05) is 61.2 Å². The summed E-state index contributed by atoms with van der Waals surface area (Å²) in [6, 6.07) is 17.1. The first kappa shape index (κ1) is 19.7. The maximum Gasteiger partial charge on any atom is 0.242 e. The van der Waals surface area contributed by atoms with Gasteiger partial charge in [0.15, 0.2) is 10.9 Å². The summed E-state index contributed by atoms with van der Waals surface area (Å²) < 4.78 is 1.96. The van der Waals surface area contributed by atoms with E-state index in [1.807, 2.05) is 64.1 Å². The molecule has 150 valence electrons. The molecule has 0 aliphatic carbocycles. The van der Waals surface area contributed by atoms with E-state index in [0.29, 0.717) is 22.4 Å². The zero-order valence-corrected chi connectivity index (χ0v) is 17.4. The first-order valence-electron chi connectivity index (χ1n) is 10.1. The first-order chi connectivity index (χ1) is 14.1. The second kappa shape index (κ2) is 8.82. The van der Waals surface area contributed by atoms with Crippen molar-refractivity contribution in [3.05, 3.63) is 60.2 Å². The van der Waals surface area contributed by atoms with Gasteiger partial charge in [0.25, 0.3) is 0 Å². The van der Waals surface area contributed by atoms with Crippen LogP contribution >= 0.6 is 11.8 Å². The van der Waals surface area contributed by atoms with Crippen LogP contribution in [0.4, 0.5) is 0 Å². The summed E-state index contributed by atoms with van der Waals surface area (Å²) in [5.41, 5.74) is 2.48. The van der Waals surface area contributed by atoms with Gasteiger partial charge in [-0.25, -0.2) is 4.98 Å². The zero-order valence-electron chi connectivity index (χ0n) is 16.6. The third kappa shape index (κ3) is 4.53. The van der Waals surface area contributed by atoms with E-state index < -0.39 is 0 Å². The van der Waals surface area contributed by atoms with E-state index in [2.05, 4.69) is 6.92 Å². The van der Waals surface area contributed by atoms with Gasteiger partial charge in [-0.15, -0.1) is 0 Å². The number of likely N-dealkylation sites (tertiary alicyclic amines) is 1. The molecule has 0 bridgehead atoms. The molecule has 0 atom stereocenters. The summed E-state index contributed by atoms with van der Waals surface area (Å²) in [4.78, 5) is 32.1. The summed E-state index contributed by atoms with van der Waals surface area (Å²) >= 11 is 1.40. The molecule has 0 spiro atoms. The number of fused-ring (bicyclic) bond motifs is 1. The van der Waals surface area contributed by atoms with Crippen molar-refractivity contribution in [1.82, 2.24) is 14.5 Å². The average Bonchev–Trinajstić information content (AvgIpc) is 3.10. The van der Waals surface area contributed by atoms with E-state index in [1.54, 1.807) is 0 Å². The van der Waals surface area contributed by atoms with Crippen LogP contribution in [0.3, 0.4) is 0 Å². The fraction of sp³-hybridized carbons (Fsp3) is 0.348. The normalized spacial score (nSPS) is 15.0. The Labute approximate surface area is 175 Å². The lowest BCUT2D eigenvalue weighted by Crippen LogP contribution is -2.39. The summed E-state index contributed by atoms with van der Waals surface area (Å²) in [6.45, 7) is 4.14. The maximum atomic E-state index is 12.9. The number of hydrogen-bond donors (Lipinski definition) is 0. The molecule has 0 unspecified atom stereocenters. The SMILES string of the molecule is CC1CCN(C(=O)Cn2c(SCC(=O)c3ccccc3)nc3ccccc32)CC1. The molecule has 1 amide bonds. The van der Waals surface area contributed by atoms with Crippen LogP contribution in [-0.4, -0.2) is 45.0 Å². The Morgan fingerprint density at radius 2 is 1.72 bits per heavy atom. The summed E-state index contributed by atoms with van der Waals surface area (Å²) in [6.07, 6.45) is 2.12. The lowest BCUT2D eigenvalue weighted by atomic mass is 9.99. The van der Waals surface area contributed by atoms with Crippen LogP contribution in [-0.2, 0) is 11.3 Å². The lowest BCUT2D eigenvalue weighted by Gasteiger charge is -2.30. The van der Waals surface area contributed by atoms with Gasteiger partial charge in [0.05, 0.1) is 16.8 Å². The highest BCUT2D eigenvalue weighted by molar-refractivity contribution is 7.99. The van der Waals surface area contributed by atoms with Crippen molar-refractivity contribution in [3.8, 4) is 0 Å². The largest absolute Gasteiger partial charge is 0.341 e. The third-order valence-electron chi connectivity index (χ3n) is 5.48. The van der Waals surface area contributed by atoms with Gasteiger partial charge in [-0.05, 0) is 30.9 Å². The Hall–Kier alpha value is -2.60. The number of imidazole rings is 1. The Morgan fingerprint density at radius 3 is 2.48 bits per heavy atom. The molecule has 1 aliphatic heterocycles. The minimum Gasteiger partial charge on any atom is -0.341 e. The molecule has 0 radical (unpaired) electrons. The number of ketones is 1. The maximum absolute atomic E-state index is 12.9. The monoisotopic (exact) mass is 407 g/mol. The van der Waals surface area contributed by atoms with Gasteiger partial charge in [0.2, 0.25) is 5.91 Å². The fourth-order valence-electron chi connectivity index (χ4n) is 3.65. The fourth-order valence-corrected chi connectivity index (χ4v) is 4.56. The highest BCUT2D eigenvalue weighted by atomic mass is 32.2. The third-order valence-corrected chi connectivity index (χ3v) is 6.45. The summed E-state index contributed by atoms with van der Waals surface area (Å²) in [7, 11) is 0. The first-order valence-corrected chi connectivity index (χ1v) is 11.0. The highest BCUT2D eigenvalue weighted by Gasteiger charge is 2.22. The van der Waals surface area contributed by atoms with Gasteiger partial charge in [0, 0.05) is 18.7 Å². The Balaban J connectivity index is 1.53. The number of carbonyl (C=O) groups excluding carboxylic acids is 2. The molecule has 1 aromatic heterocycles. The van der Waals surface area contributed by atoms with Crippen LogP contribution in [0.2, 0.25) is 0 Å². The van der Waals surface area contributed by atoms with Crippen molar-refractivity contribution in [2.75, 3.05) is 18.8 Å². The number of Topliss-reactive ketones (excluding diaryl/α,β-unsaturated/α-hetero) is 1. The van der Waals surface area contributed by atoms with E-state index in [-0.39, 0.29) is 18.2 Å². The van der Waals surface area contributed by atoms with Crippen LogP contribution in [0.5, 0.6) is 0 Å². The van der Waals surface area contributed by atoms with E-state index in [1.165, 1.54) is 11.8 Å². The average molecular weight is 408 g/mol. The quantitative estimate of drug-likeness (QED) is 0.452. The van der Waals surface area contributed by atoms with Crippen molar-refractivity contribution in [1.29, 1.82) is 0 Å². The molecule has 2 heterocycles. The van der Waals surface area contributed by atoms with Crippen LogP contribution in [0.15, 0.2) is 59.8 Å². The van der Waals surface area contributed by atoms with Crippen molar-refractivity contribution >= 4 is 34.5 Å². The molecule has 1 saturated heterocycles. The van der Waals surface area contributed by atoms with Crippen molar-refractivity contribution in [2.24, 2.45) is 5.92 Å². The Morgan fingerprint density at radius 1 is 1.03 bits per heavy atom. The van der Waals surface area contributed by atoms with Crippen LogP contribution in [0, 0.1) is 5.92 Å². The predicted molar refractivity (Wildman–Crippen MR) is 116 cm³/mol. The van der Waals surface area contributed by atoms with E-state index >= 15 is 0 Å². The van der Waals surface area contributed by atoms with Crippen LogP contribution in [0.25, 0.3) is 11.0 Å². The molecule has 2 aromatic carbocycles. The molecular weight excluding hydrogens is 382 g/mol. The topological polar surface area (TPSA) is 55.2 Å². The molecule has 1 fully saturated rings. The predicted octanol–water partition coefficient (Wildman–Crippen LogP) is 4.27. The number of hydrogen-bond acceptors (Lipinski definition) is 4. The molecule has 0 saturated carbocycles.